The van der Waals surface area contributed by atoms with E-state index in [0.29, 0.717) is 17.4 Å². The summed E-state index contributed by atoms with van der Waals surface area (Å²) in [5.74, 6) is -0.0367. The van der Waals surface area contributed by atoms with Crippen molar-refractivity contribution in [2.45, 2.75) is 81.6 Å². The van der Waals surface area contributed by atoms with Crippen molar-refractivity contribution in [2.75, 3.05) is 30.5 Å². The van der Waals surface area contributed by atoms with Crippen LogP contribution in [-0.2, 0) is 18.8 Å². The molecule has 2 aliphatic heterocycles. The van der Waals surface area contributed by atoms with E-state index in [-0.39, 0.29) is 35.9 Å². The van der Waals surface area contributed by atoms with Gasteiger partial charge in [0.25, 0.3) is 7.37 Å². The van der Waals surface area contributed by atoms with Crippen molar-refractivity contribution in [1.29, 1.82) is 0 Å². The van der Waals surface area contributed by atoms with Crippen LogP contribution in [0, 0.1) is 0 Å². The maximum Gasteiger partial charge on any atom is 0.338 e. The van der Waals surface area contributed by atoms with Gasteiger partial charge < -0.3 is 40.2 Å². The number of carbonyl (C=O) groups excluding carboxylic acids is 1. The number of esters is 1. The van der Waals surface area contributed by atoms with Crippen molar-refractivity contribution in [3.8, 4) is 11.5 Å². The number of imidazole rings is 1. The van der Waals surface area contributed by atoms with Crippen molar-refractivity contribution in [3.63, 3.8) is 0 Å². The predicted octanol–water partition coefficient (Wildman–Crippen LogP) is 2.74. The first kappa shape index (κ1) is 30.5. The second-order valence-electron chi connectivity index (χ2n) is 12.1. The number of rotatable bonds is 10. The number of aromatic nitrogens is 4. The molecule has 1 saturated carbocycles. The maximum atomic E-state index is 16.2. The fourth-order valence-corrected chi connectivity index (χ4v) is 7.59. The minimum absolute atomic E-state index is 0.00429. The molecule has 3 fully saturated rings. The first-order valence-corrected chi connectivity index (χ1v) is 16.3. The predicted molar refractivity (Wildman–Crippen MR) is 158 cm³/mol. The molecule has 2 saturated heterocycles. The number of hydrogen-bond acceptors (Lipinski definition) is 13. The smallest absolute Gasteiger partial charge is 0.338 e. The van der Waals surface area contributed by atoms with Gasteiger partial charge in [-0.3, -0.25) is 9.13 Å². The molecule has 0 radical (unpaired) electrons. The molecule has 3 aromatic rings. The number of fused-ring (bicyclic) bond motifs is 1. The van der Waals surface area contributed by atoms with E-state index in [0.717, 1.165) is 19.3 Å². The molecule has 0 bridgehead atoms. The number of aliphatic hydroxyl groups is 1. The lowest BCUT2D eigenvalue weighted by atomic mass is 9.92. The van der Waals surface area contributed by atoms with E-state index in [1.807, 2.05) is 11.9 Å². The zero-order valence-corrected chi connectivity index (χ0v) is 25.8. The van der Waals surface area contributed by atoms with Gasteiger partial charge in [0.2, 0.25) is 11.2 Å². The number of benzene rings is 1. The van der Waals surface area contributed by atoms with Crippen molar-refractivity contribution < 1.29 is 37.6 Å². The molecule has 44 heavy (non-hydrogen) atoms. The molecular formula is C28H37FN7O7P. The van der Waals surface area contributed by atoms with Crippen LogP contribution in [0.3, 0.4) is 0 Å². The largest absolute Gasteiger partial charge is 0.487 e. The lowest BCUT2D eigenvalue weighted by Gasteiger charge is -2.35. The minimum atomic E-state index is -3.62. The fourth-order valence-electron chi connectivity index (χ4n) is 5.52. The number of ether oxygens (including phenoxy) is 3. The highest BCUT2D eigenvalue weighted by Gasteiger charge is 2.73. The van der Waals surface area contributed by atoms with Crippen LogP contribution in [0.2, 0.25) is 0 Å². The summed E-state index contributed by atoms with van der Waals surface area (Å²) in [5.41, 5.74) is 10.6. The molecule has 6 atom stereocenters. The van der Waals surface area contributed by atoms with E-state index in [9.17, 15) is 14.5 Å². The second-order valence-corrected chi connectivity index (χ2v) is 14.8. The molecule has 1 aromatic carbocycles. The highest BCUT2D eigenvalue weighted by atomic mass is 31.2. The number of nitrogens with zero attached hydrogens (tertiary/aromatic N) is 5. The zero-order valence-electron chi connectivity index (χ0n) is 24.9. The molecule has 1 aliphatic carbocycles. The Bertz CT molecular complexity index is 1630. The lowest BCUT2D eigenvalue weighted by Crippen LogP contribution is -2.41. The number of alkyl halides is 1. The number of anilines is 2. The van der Waals surface area contributed by atoms with Gasteiger partial charge in [0.15, 0.2) is 40.4 Å². The molecule has 0 spiro atoms. The molecule has 5 N–H and O–H groups in total. The van der Waals surface area contributed by atoms with Crippen LogP contribution in [0.1, 0.15) is 46.3 Å². The van der Waals surface area contributed by atoms with Crippen molar-refractivity contribution in [1.82, 2.24) is 19.5 Å². The van der Waals surface area contributed by atoms with E-state index < -0.39 is 48.8 Å². The Kier molecular flexibility index (Phi) is 7.51. The molecule has 14 nitrogen and oxygen atoms in total. The average Bonchev–Trinajstić information content (AvgIpc) is 3.16. The van der Waals surface area contributed by atoms with Crippen LogP contribution in [-0.4, -0.2) is 85.7 Å². The first-order valence-electron chi connectivity index (χ1n) is 14.5. The Balaban J connectivity index is 1.19. The molecule has 5 unspecified atom stereocenters. The van der Waals surface area contributed by atoms with E-state index in [1.54, 1.807) is 32.0 Å². The van der Waals surface area contributed by atoms with Gasteiger partial charge >= 0.3 is 5.97 Å². The molecule has 6 rings (SSSR count). The van der Waals surface area contributed by atoms with Gasteiger partial charge in [0.1, 0.15) is 18.8 Å². The number of hydrogen-bond donors (Lipinski definition) is 3. The van der Waals surface area contributed by atoms with Gasteiger partial charge in [-0.05, 0) is 52.2 Å². The Hall–Kier alpha value is -3.52. The summed E-state index contributed by atoms with van der Waals surface area (Å²) < 4.78 is 53.7. The van der Waals surface area contributed by atoms with Crippen LogP contribution in [0.4, 0.5) is 16.2 Å². The molecule has 238 valence electrons. The third-order valence-corrected chi connectivity index (χ3v) is 11.1. The Morgan fingerprint density at radius 3 is 2.66 bits per heavy atom. The number of halogens is 1. The number of nitrogens with two attached hydrogens (primary N) is 2. The van der Waals surface area contributed by atoms with Crippen molar-refractivity contribution >= 4 is 36.3 Å². The molecular weight excluding hydrogens is 596 g/mol. The summed E-state index contributed by atoms with van der Waals surface area (Å²) >= 11 is 0. The zero-order chi connectivity index (χ0) is 31.6. The van der Waals surface area contributed by atoms with E-state index in [2.05, 4.69) is 15.0 Å². The average molecular weight is 634 g/mol. The first-order chi connectivity index (χ1) is 20.7. The number of nitrogen functional groups attached to an aromatic ring is 1. The quantitative estimate of drug-likeness (QED) is 0.218. The van der Waals surface area contributed by atoms with Crippen LogP contribution >= 0.6 is 7.37 Å². The van der Waals surface area contributed by atoms with E-state index in [4.69, 9.17) is 30.2 Å². The monoisotopic (exact) mass is 633 g/mol. The Labute approximate surface area is 253 Å². The normalized spacial score (nSPS) is 31.6. The van der Waals surface area contributed by atoms with Crippen molar-refractivity contribution in [3.05, 3.63) is 30.6 Å². The number of para-hydroxylation sites is 2. The summed E-state index contributed by atoms with van der Waals surface area (Å²) in [6.45, 7) is 4.27. The summed E-state index contributed by atoms with van der Waals surface area (Å²) in [7, 11) is -1.71. The number of aliphatic hydroxyl groups excluding tert-OH is 1. The van der Waals surface area contributed by atoms with Gasteiger partial charge in [-0.15, -0.1) is 0 Å². The van der Waals surface area contributed by atoms with Gasteiger partial charge in [0.05, 0.1) is 18.6 Å². The third-order valence-electron chi connectivity index (χ3n) is 8.49. The SMILES string of the molecule is CC(C)OC(=O)[C@@]1(N)CP1(=O)Oc1ccccc1OCC1OC(n2cnc3c(N(C)C4CCC4)nc(N)nc32)C(C)(F)C1O. The molecule has 4 heterocycles. The number of carbonyl (C=O) groups is 1. The van der Waals surface area contributed by atoms with Crippen LogP contribution in [0.25, 0.3) is 11.2 Å². The summed E-state index contributed by atoms with van der Waals surface area (Å²) in [6.07, 6.45) is -0.0835. The van der Waals surface area contributed by atoms with Crippen molar-refractivity contribution in [2.24, 2.45) is 5.73 Å². The van der Waals surface area contributed by atoms with Gasteiger partial charge in [-0.25, -0.2) is 14.2 Å². The lowest BCUT2D eigenvalue weighted by molar-refractivity contribution is -0.148. The topological polar surface area (TPSA) is 190 Å². The van der Waals surface area contributed by atoms with Crippen LogP contribution in [0.5, 0.6) is 11.5 Å². The summed E-state index contributed by atoms with van der Waals surface area (Å²) in [5, 5.41) is 9.25. The van der Waals surface area contributed by atoms with Crippen LogP contribution in [0.15, 0.2) is 30.6 Å². The molecule has 2 aromatic heterocycles. The third kappa shape index (κ3) is 5.05. The Morgan fingerprint density at radius 1 is 1.30 bits per heavy atom. The van der Waals surface area contributed by atoms with E-state index >= 15 is 4.39 Å². The van der Waals surface area contributed by atoms with Gasteiger partial charge in [-0.1, -0.05) is 12.1 Å². The molecule has 16 heteroatoms. The fraction of sp³-hybridized carbons (Fsp3) is 0.571. The molecule has 3 aliphatic rings. The summed E-state index contributed by atoms with van der Waals surface area (Å²) in [6, 6.07) is 6.64. The minimum Gasteiger partial charge on any atom is -0.487 e. The highest BCUT2D eigenvalue weighted by molar-refractivity contribution is 7.70. The van der Waals surface area contributed by atoms with E-state index in [1.165, 1.54) is 23.9 Å². The molecule has 0 amide bonds. The maximum absolute atomic E-state index is 16.2. The van der Waals surface area contributed by atoms with Gasteiger partial charge in [-0.2, -0.15) is 9.97 Å². The van der Waals surface area contributed by atoms with Crippen LogP contribution < -0.4 is 25.6 Å². The Morgan fingerprint density at radius 2 is 2.00 bits per heavy atom. The highest BCUT2D eigenvalue weighted by Crippen LogP contribution is 2.73. The summed E-state index contributed by atoms with van der Waals surface area (Å²) in [4.78, 5) is 27.6. The van der Waals surface area contributed by atoms with Gasteiger partial charge in [0, 0.05) is 13.1 Å². The second kappa shape index (κ2) is 10.8. The standard InChI is InChI=1S/C28H37FN7O7P/c1-15(2)41-25(38)28(31)13-44(28,39)43-18-11-6-5-10-17(18)40-12-19-21(37)27(3,29)24(42-19)36-14-32-20-22(33-26(30)34-23(20)36)35(4)16-8-7-9-16/h5-6,10-11,14-16,19,21,24,37H,7-9,12-13,31H2,1-4H3,(H2,30,33,34)/t19?,21?,24?,27?,28-,44?/m1/s1.